The Morgan fingerprint density at radius 3 is 2.12 bits per heavy atom. The molecule has 3 aromatic carbocycles. The molecule has 25 heavy (non-hydrogen) atoms. The number of carbonyl (C=O) groups excluding carboxylic acids is 2. The lowest BCUT2D eigenvalue weighted by atomic mass is 10.1. The van der Waals surface area contributed by atoms with E-state index >= 15 is 0 Å². The van der Waals surface area contributed by atoms with Crippen LogP contribution in [0.5, 0.6) is 0 Å². The Bertz CT molecular complexity index is 1180. The predicted octanol–water partition coefficient (Wildman–Crippen LogP) is 3.75. The first-order valence-corrected chi connectivity index (χ1v) is 9.49. The molecular weight excluding hydrogens is 408 g/mol. The summed E-state index contributed by atoms with van der Waals surface area (Å²) in [6.07, 6.45) is 0. The zero-order valence-corrected chi connectivity index (χ0v) is 14.9. The first kappa shape index (κ1) is 16.0. The lowest BCUT2D eigenvalue weighted by Crippen LogP contribution is -2.04. The monoisotopic (exact) mass is 416 g/mol. The summed E-state index contributed by atoms with van der Waals surface area (Å²) in [6, 6.07) is 14.1. The van der Waals surface area contributed by atoms with Gasteiger partial charge in [0.1, 0.15) is 0 Å². The first-order valence-electron chi connectivity index (χ1n) is 7.21. The maximum atomic E-state index is 12.9. The normalized spacial score (nSPS) is 13.8. The number of fused-ring (bicyclic) bond motifs is 2. The van der Waals surface area contributed by atoms with Gasteiger partial charge in [0.05, 0.1) is 20.9 Å². The summed E-state index contributed by atoms with van der Waals surface area (Å²) in [5.74, 6) is -1.60. The molecule has 0 fully saturated rings. The van der Waals surface area contributed by atoms with Crippen molar-refractivity contribution in [2.24, 2.45) is 0 Å². The van der Waals surface area contributed by atoms with E-state index in [-0.39, 0.29) is 20.9 Å². The highest BCUT2D eigenvalue weighted by molar-refractivity contribution is 9.10. The number of hydrogen-bond donors (Lipinski definition) is 0. The van der Waals surface area contributed by atoms with Crippen LogP contribution in [0.25, 0.3) is 10.8 Å². The van der Waals surface area contributed by atoms with Crippen LogP contribution in [-0.4, -0.2) is 20.4 Å². The van der Waals surface area contributed by atoms with Gasteiger partial charge < -0.3 is 4.74 Å². The first-order chi connectivity index (χ1) is 11.9. The SMILES string of the molecule is O=C1OC(=O)c2cc(S(=O)(=O)c3ccc4cc(Br)ccc4c3)ccc21. The Hall–Kier alpha value is -2.51. The van der Waals surface area contributed by atoms with E-state index in [0.29, 0.717) is 0 Å². The van der Waals surface area contributed by atoms with Crippen molar-refractivity contribution in [3.05, 3.63) is 70.2 Å². The molecular formula is C18H9BrO5S. The Labute approximate surface area is 151 Å². The number of cyclic esters (lactones) is 2. The Balaban J connectivity index is 1.85. The van der Waals surface area contributed by atoms with Crippen molar-refractivity contribution in [2.45, 2.75) is 9.79 Å². The number of rotatable bonds is 2. The molecule has 124 valence electrons. The highest BCUT2D eigenvalue weighted by Crippen LogP contribution is 2.29. The number of esters is 2. The number of hydrogen-bond acceptors (Lipinski definition) is 5. The van der Waals surface area contributed by atoms with Gasteiger partial charge in [-0.2, -0.15) is 0 Å². The number of carbonyl (C=O) groups is 2. The van der Waals surface area contributed by atoms with E-state index in [4.69, 9.17) is 0 Å². The average Bonchev–Trinajstić information content (AvgIpc) is 2.88. The number of benzene rings is 3. The van der Waals surface area contributed by atoms with Crippen molar-refractivity contribution in [1.82, 2.24) is 0 Å². The molecule has 3 aromatic rings. The maximum Gasteiger partial charge on any atom is 0.346 e. The van der Waals surface area contributed by atoms with Crippen LogP contribution in [-0.2, 0) is 14.6 Å². The van der Waals surface area contributed by atoms with Crippen LogP contribution in [0.4, 0.5) is 0 Å². The molecule has 0 unspecified atom stereocenters. The number of halogens is 1. The van der Waals surface area contributed by atoms with Crippen LogP contribution >= 0.6 is 15.9 Å². The third kappa shape index (κ3) is 2.56. The van der Waals surface area contributed by atoms with Crippen LogP contribution in [0.2, 0.25) is 0 Å². The molecule has 1 heterocycles. The molecule has 5 nitrogen and oxygen atoms in total. The van der Waals surface area contributed by atoms with E-state index in [0.717, 1.165) is 15.2 Å². The summed E-state index contributed by atoms with van der Waals surface area (Å²) >= 11 is 3.38. The Morgan fingerprint density at radius 2 is 1.32 bits per heavy atom. The van der Waals surface area contributed by atoms with Crippen molar-refractivity contribution in [3.63, 3.8) is 0 Å². The van der Waals surface area contributed by atoms with Gasteiger partial charge in [0, 0.05) is 4.47 Å². The van der Waals surface area contributed by atoms with Crippen LogP contribution < -0.4 is 0 Å². The smallest absolute Gasteiger partial charge is 0.346 e. The van der Waals surface area contributed by atoms with Gasteiger partial charge in [0.25, 0.3) is 0 Å². The van der Waals surface area contributed by atoms with Crippen molar-refractivity contribution in [2.75, 3.05) is 0 Å². The topological polar surface area (TPSA) is 77.5 Å². The molecule has 0 N–H and O–H groups in total. The highest BCUT2D eigenvalue weighted by atomic mass is 79.9. The standard InChI is InChI=1S/C18H9BrO5S/c19-12-3-1-11-8-13(4-2-10(11)7-12)25(22,23)14-5-6-15-16(9-14)18(21)24-17(15)20/h1-9H. The van der Waals surface area contributed by atoms with Crippen LogP contribution in [0.3, 0.4) is 0 Å². The average molecular weight is 417 g/mol. The van der Waals surface area contributed by atoms with E-state index < -0.39 is 21.8 Å². The molecule has 4 rings (SSSR count). The maximum absolute atomic E-state index is 12.9. The Morgan fingerprint density at radius 1 is 0.720 bits per heavy atom. The molecule has 0 aliphatic carbocycles. The third-order valence-corrected chi connectivity index (χ3v) is 6.25. The zero-order valence-electron chi connectivity index (χ0n) is 12.5. The van der Waals surface area contributed by atoms with E-state index in [1.54, 1.807) is 12.1 Å². The van der Waals surface area contributed by atoms with E-state index in [2.05, 4.69) is 20.7 Å². The molecule has 0 atom stereocenters. The minimum atomic E-state index is -3.83. The van der Waals surface area contributed by atoms with Gasteiger partial charge in [0.2, 0.25) is 9.84 Å². The fraction of sp³-hybridized carbons (Fsp3) is 0. The lowest BCUT2D eigenvalue weighted by Gasteiger charge is -2.07. The fourth-order valence-corrected chi connectivity index (χ4v) is 4.43. The largest absolute Gasteiger partial charge is 0.386 e. The summed E-state index contributed by atoms with van der Waals surface area (Å²) in [7, 11) is -3.83. The zero-order chi connectivity index (χ0) is 17.8. The summed E-state index contributed by atoms with van der Waals surface area (Å²) in [6.45, 7) is 0. The molecule has 0 spiro atoms. The van der Waals surface area contributed by atoms with E-state index in [9.17, 15) is 18.0 Å². The molecule has 7 heteroatoms. The molecule has 1 aliphatic rings. The Kier molecular flexibility index (Phi) is 3.52. The second-order valence-electron chi connectivity index (χ2n) is 5.54. The van der Waals surface area contributed by atoms with Gasteiger partial charge in [0.15, 0.2) is 0 Å². The second kappa shape index (κ2) is 5.50. The van der Waals surface area contributed by atoms with Gasteiger partial charge in [-0.05, 0) is 53.2 Å². The molecule has 0 amide bonds. The molecule has 0 bridgehead atoms. The summed E-state index contributed by atoms with van der Waals surface area (Å²) < 4.78 is 31.2. The fourth-order valence-electron chi connectivity index (χ4n) is 2.73. The third-order valence-electron chi connectivity index (χ3n) is 4.01. The summed E-state index contributed by atoms with van der Waals surface area (Å²) in [5, 5.41) is 1.68. The van der Waals surface area contributed by atoms with Gasteiger partial charge in [-0.3, -0.25) is 0 Å². The minimum absolute atomic E-state index is 0.0317. The molecule has 1 aliphatic heterocycles. The van der Waals surface area contributed by atoms with Crippen LogP contribution in [0.15, 0.2) is 68.9 Å². The molecule has 0 saturated carbocycles. The summed E-state index contributed by atoms with van der Waals surface area (Å²) in [4.78, 5) is 23.2. The van der Waals surface area contributed by atoms with Gasteiger partial charge in [-0.25, -0.2) is 18.0 Å². The molecule has 0 saturated heterocycles. The quantitative estimate of drug-likeness (QED) is 0.469. The second-order valence-corrected chi connectivity index (χ2v) is 8.41. The number of ether oxygens (including phenoxy) is 1. The van der Waals surface area contributed by atoms with Gasteiger partial charge in [-0.1, -0.05) is 28.1 Å². The van der Waals surface area contributed by atoms with E-state index in [1.807, 2.05) is 18.2 Å². The van der Waals surface area contributed by atoms with Crippen LogP contribution in [0, 0.1) is 0 Å². The van der Waals surface area contributed by atoms with Crippen molar-refractivity contribution in [1.29, 1.82) is 0 Å². The minimum Gasteiger partial charge on any atom is -0.386 e. The van der Waals surface area contributed by atoms with Gasteiger partial charge in [-0.15, -0.1) is 0 Å². The van der Waals surface area contributed by atoms with Crippen molar-refractivity contribution >= 4 is 48.5 Å². The van der Waals surface area contributed by atoms with Gasteiger partial charge >= 0.3 is 11.9 Å². The van der Waals surface area contributed by atoms with Crippen molar-refractivity contribution < 1.29 is 22.7 Å². The predicted molar refractivity (Wildman–Crippen MR) is 93.3 cm³/mol. The highest BCUT2D eigenvalue weighted by Gasteiger charge is 2.31. The number of sulfone groups is 1. The van der Waals surface area contributed by atoms with Crippen molar-refractivity contribution in [3.8, 4) is 0 Å². The van der Waals surface area contributed by atoms with E-state index in [1.165, 1.54) is 24.3 Å². The lowest BCUT2D eigenvalue weighted by molar-refractivity contribution is 0.0443. The molecule has 0 radical (unpaired) electrons. The molecule has 0 aromatic heterocycles. The van der Waals surface area contributed by atoms with Crippen LogP contribution in [0.1, 0.15) is 20.7 Å². The summed E-state index contributed by atoms with van der Waals surface area (Å²) in [5.41, 5.74) is 0.0445.